The van der Waals surface area contributed by atoms with E-state index in [-0.39, 0.29) is 0 Å². The van der Waals surface area contributed by atoms with Gasteiger partial charge in [-0.3, -0.25) is 0 Å². The topological polar surface area (TPSA) is 24.1 Å². The molecule has 28 heavy (non-hydrogen) atoms. The van der Waals surface area contributed by atoms with Crippen molar-refractivity contribution in [3.63, 3.8) is 0 Å². The molecule has 4 aliphatic rings. The van der Waals surface area contributed by atoms with E-state index in [1.807, 2.05) is 0 Å². The van der Waals surface area contributed by atoms with Crippen molar-refractivity contribution in [3.05, 3.63) is 0 Å². The lowest BCUT2D eigenvalue weighted by Gasteiger charge is -2.39. The molecular weight excluding hydrogens is 340 g/mol. The van der Waals surface area contributed by atoms with E-state index >= 15 is 0 Å². The fraction of sp³-hybridized carbons (Fsp3) is 1.00. The summed E-state index contributed by atoms with van der Waals surface area (Å²) in [5, 5.41) is 7.82. The lowest BCUT2D eigenvalue weighted by Crippen LogP contribution is -2.38. The van der Waals surface area contributed by atoms with Gasteiger partial charge in [0.25, 0.3) is 0 Å². The van der Waals surface area contributed by atoms with E-state index in [4.69, 9.17) is 0 Å². The molecule has 4 rings (SSSR count). The third kappa shape index (κ3) is 6.21. The fourth-order valence-electron chi connectivity index (χ4n) is 6.72. The van der Waals surface area contributed by atoms with Crippen molar-refractivity contribution in [2.45, 2.75) is 128 Å². The van der Waals surface area contributed by atoms with E-state index in [0.29, 0.717) is 0 Å². The zero-order valence-corrected chi connectivity index (χ0v) is 18.6. The third-order valence-electron chi connectivity index (χ3n) is 9.03. The molecule has 0 spiro atoms. The average molecular weight is 389 g/mol. The number of nitrogens with one attached hydrogen (secondary N) is 2. The van der Waals surface area contributed by atoms with Crippen molar-refractivity contribution in [2.24, 2.45) is 23.7 Å². The van der Waals surface area contributed by atoms with Crippen LogP contribution in [0.2, 0.25) is 0 Å². The summed E-state index contributed by atoms with van der Waals surface area (Å²) in [6, 6.07) is 1.69. The van der Waals surface area contributed by atoms with Crippen molar-refractivity contribution >= 4 is 0 Å². The molecule has 0 aromatic heterocycles. The van der Waals surface area contributed by atoms with Gasteiger partial charge in [0.05, 0.1) is 0 Å². The minimum atomic E-state index is 0.843. The van der Waals surface area contributed by atoms with Crippen LogP contribution in [0.4, 0.5) is 0 Å². The van der Waals surface area contributed by atoms with Crippen LogP contribution in [0.15, 0.2) is 0 Å². The van der Waals surface area contributed by atoms with Gasteiger partial charge in [-0.1, -0.05) is 77.0 Å². The summed E-state index contributed by atoms with van der Waals surface area (Å²) in [4.78, 5) is 0. The molecule has 4 fully saturated rings. The van der Waals surface area contributed by atoms with Gasteiger partial charge in [-0.2, -0.15) is 0 Å². The van der Waals surface area contributed by atoms with Gasteiger partial charge in [-0.15, -0.1) is 0 Å². The maximum atomic E-state index is 3.91. The zero-order chi connectivity index (χ0) is 19.0. The Morgan fingerprint density at radius 1 is 0.429 bits per heavy atom. The summed E-state index contributed by atoms with van der Waals surface area (Å²) in [6.45, 7) is 2.53. The minimum Gasteiger partial charge on any atom is -0.314 e. The van der Waals surface area contributed by atoms with Crippen LogP contribution in [-0.2, 0) is 0 Å². The Morgan fingerprint density at radius 3 is 1.21 bits per heavy atom. The molecule has 0 bridgehead atoms. The van der Waals surface area contributed by atoms with E-state index in [1.54, 1.807) is 0 Å². The molecule has 0 amide bonds. The molecule has 0 aliphatic heterocycles. The second-order valence-electron chi connectivity index (χ2n) is 11.0. The van der Waals surface area contributed by atoms with E-state index < -0.39 is 0 Å². The lowest BCUT2D eigenvalue weighted by molar-refractivity contribution is 0.142. The van der Waals surface area contributed by atoms with E-state index in [1.165, 1.54) is 129 Å². The predicted molar refractivity (Wildman–Crippen MR) is 121 cm³/mol. The van der Waals surface area contributed by atoms with Crippen molar-refractivity contribution in [2.75, 3.05) is 13.1 Å². The largest absolute Gasteiger partial charge is 0.314 e. The minimum absolute atomic E-state index is 0.843. The molecule has 162 valence electrons. The van der Waals surface area contributed by atoms with E-state index in [9.17, 15) is 0 Å². The van der Waals surface area contributed by atoms with Crippen LogP contribution < -0.4 is 10.6 Å². The van der Waals surface area contributed by atoms with Gasteiger partial charge in [0.1, 0.15) is 0 Å². The first kappa shape index (κ1) is 21.2. The highest BCUT2D eigenvalue weighted by Gasteiger charge is 2.32. The molecule has 4 atom stereocenters. The Hall–Kier alpha value is -0.0800. The van der Waals surface area contributed by atoms with E-state index in [0.717, 1.165) is 35.8 Å². The first-order chi connectivity index (χ1) is 13.9. The number of unbranched alkanes of at least 4 members (excludes halogenated alkanes) is 3. The highest BCUT2D eigenvalue weighted by atomic mass is 14.9. The van der Waals surface area contributed by atoms with Gasteiger partial charge in [0.2, 0.25) is 0 Å². The van der Waals surface area contributed by atoms with E-state index in [2.05, 4.69) is 10.6 Å². The van der Waals surface area contributed by atoms with Crippen LogP contribution in [-0.4, -0.2) is 25.2 Å². The van der Waals surface area contributed by atoms with Crippen molar-refractivity contribution in [1.82, 2.24) is 10.6 Å². The average Bonchev–Trinajstić information content (AvgIpc) is 2.62. The van der Waals surface area contributed by atoms with Gasteiger partial charge >= 0.3 is 0 Å². The van der Waals surface area contributed by atoms with Crippen LogP contribution in [0.5, 0.6) is 0 Å². The number of hydrogen-bond acceptors (Lipinski definition) is 2. The lowest BCUT2D eigenvalue weighted by atomic mass is 9.69. The molecule has 2 N–H and O–H groups in total. The van der Waals surface area contributed by atoms with Crippen molar-refractivity contribution < 1.29 is 0 Å². The quantitative estimate of drug-likeness (QED) is 0.398. The second kappa shape index (κ2) is 11.3. The van der Waals surface area contributed by atoms with Crippen molar-refractivity contribution in [3.8, 4) is 0 Å². The van der Waals surface area contributed by atoms with Crippen LogP contribution in [0.25, 0.3) is 0 Å². The highest BCUT2D eigenvalue weighted by Crippen LogP contribution is 2.41. The normalized spacial score (nSPS) is 34.7. The van der Waals surface area contributed by atoms with Crippen molar-refractivity contribution in [1.29, 1.82) is 0 Å². The summed E-state index contributed by atoms with van der Waals surface area (Å²) in [6.07, 6.45) is 26.6. The van der Waals surface area contributed by atoms with Crippen LogP contribution >= 0.6 is 0 Å². The van der Waals surface area contributed by atoms with Gasteiger partial charge in [0.15, 0.2) is 0 Å². The van der Waals surface area contributed by atoms with Crippen LogP contribution in [0, 0.1) is 23.7 Å². The Labute approximate surface area is 175 Å². The highest BCUT2D eigenvalue weighted by molar-refractivity contribution is 4.86. The van der Waals surface area contributed by atoms with Crippen LogP contribution in [0.3, 0.4) is 0 Å². The summed E-state index contributed by atoms with van der Waals surface area (Å²) in [5.74, 6) is 4.33. The summed E-state index contributed by atoms with van der Waals surface area (Å²) >= 11 is 0. The molecule has 4 unspecified atom stereocenters. The maximum absolute atomic E-state index is 3.91. The van der Waals surface area contributed by atoms with Gasteiger partial charge in [-0.25, -0.2) is 0 Å². The molecule has 0 heterocycles. The standard InChI is InChI=1S/C26H48N2/c1(3-17-27-25-15-7-13-23(19-25)21-9-5-10-21)2-4-18-28-26-16-8-14-24(20-26)22-11-6-12-22/h21-28H,1-20H2. The molecule has 0 aromatic carbocycles. The molecule has 4 aliphatic carbocycles. The summed E-state index contributed by atoms with van der Waals surface area (Å²) in [5.41, 5.74) is 0. The maximum Gasteiger partial charge on any atom is 0.00698 e. The predicted octanol–water partition coefficient (Wildman–Crippen LogP) is 6.44. The first-order valence-electron chi connectivity index (χ1n) is 13.4. The molecule has 4 saturated carbocycles. The first-order valence-corrected chi connectivity index (χ1v) is 13.4. The summed E-state index contributed by atoms with van der Waals surface area (Å²) in [7, 11) is 0. The second-order valence-corrected chi connectivity index (χ2v) is 11.0. The number of rotatable bonds is 11. The molecule has 0 aromatic rings. The Bertz CT molecular complexity index is 388. The molecule has 2 heteroatoms. The fourth-order valence-corrected chi connectivity index (χ4v) is 6.72. The summed E-state index contributed by atoms with van der Waals surface area (Å²) < 4.78 is 0. The Morgan fingerprint density at radius 2 is 0.821 bits per heavy atom. The third-order valence-corrected chi connectivity index (χ3v) is 9.03. The molecule has 0 saturated heterocycles. The molecular formula is C26H48N2. The Kier molecular flexibility index (Phi) is 8.58. The molecule has 2 nitrogen and oxygen atoms in total. The Balaban J connectivity index is 0.974. The smallest absolute Gasteiger partial charge is 0.00698 e. The van der Waals surface area contributed by atoms with Gasteiger partial charge < -0.3 is 10.6 Å². The molecule has 0 radical (unpaired) electrons. The SMILES string of the molecule is C(CCCNC1CCCC(C2CCC2)C1)CCNC1CCCC(C2CCC2)C1. The van der Waals surface area contributed by atoms with Crippen LogP contribution in [0.1, 0.15) is 116 Å². The number of hydrogen-bond donors (Lipinski definition) is 2. The van der Waals surface area contributed by atoms with Gasteiger partial charge in [0, 0.05) is 12.1 Å². The monoisotopic (exact) mass is 388 g/mol. The zero-order valence-electron chi connectivity index (χ0n) is 18.6. The van der Waals surface area contributed by atoms with Gasteiger partial charge in [-0.05, 0) is 75.3 Å².